The zero-order valence-corrected chi connectivity index (χ0v) is 17.5. The molecule has 0 saturated heterocycles. The second kappa shape index (κ2) is 10.1. The summed E-state index contributed by atoms with van der Waals surface area (Å²) in [7, 11) is 0. The monoisotopic (exact) mass is 415 g/mol. The molecule has 0 N–H and O–H groups in total. The predicted molar refractivity (Wildman–Crippen MR) is 117 cm³/mol. The summed E-state index contributed by atoms with van der Waals surface area (Å²) in [6.07, 6.45) is 2.84. The van der Waals surface area contributed by atoms with Crippen molar-refractivity contribution in [1.82, 2.24) is 4.98 Å². The van der Waals surface area contributed by atoms with Crippen molar-refractivity contribution in [1.29, 1.82) is 0 Å². The van der Waals surface area contributed by atoms with E-state index in [0.717, 1.165) is 40.8 Å². The first-order chi connectivity index (χ1) is 13.2. The maximum Gasteiger partial charge on any atom is 0.156 e. The lowest BCUT2D eigenvalue weighted by Gasteiger charge is -2.14. The Hall–Kier alpha value is -1.60. The molecule has 3 nitrogen and oxygen atoms in total. The lowest BCUT2D eigenvalue weighted by molar-refractivity contribution is 0.112. The average Bonchev–Trinajstić information content (AvgIpc) is 3.25. The predicted octanol–water partition coefficient (Wildman–Crippen LogP) is 5.89. The Balaban J connectivity index is 2.00. The maximum absolute atomic E-state index is 12.2. The minimum atomic E-state index is -0.915. The summed E-state index contributed by atoms with van der Waals surface area (Å²) in [5.74, 6) is 0.691. The molecule has 3 aromatic rings. The Morgan fingerprint density at radius 1 is 1.22 bits per heavy atom. The molecule has 0 radical (unpaired) electrons. The van der Waals surface area contributed by atoms with Crippen LogP contribution in [0.15, 0.2) is 58.9 Å². The molecule has 2 heterocycles. The molecule has 0 aliphatic heterocycles. The lowest BCUT2D eigenvalue weighted by atomic mass is 10.0. The highest BCUT2D eigenvalue weighted by atomic mass is 32.3. The zero-order chi connectivity index (χ0) is 19.1. The first-order valence-corrected chi connectivity index (χ1v) is 12.2. The number of hydrogen-bond donors (Lipinski definition) is 0. The van der Waals surface area contributed by atoms with E-state index in [0.29, 0.717) is 21.4 Å². The number of hydrogen-bond acceptors (Lipinski definition) is 5. The van der Waals surface area contributed by atoms with Gasteiger partial charge in [0, 0.05) is 0 Å². The normalized spacial score (nSPS) is 12.1. The summed E-state index contributed by atoms with van der Waals surface area (Å²) in [6.45, 7) is 2.09. The molecular formula is C21H21NO2S3. The van der Waals surface area contributed by atoms with Crippen molar-refractivity contribution >= 4 is 40.6 Å². The van der Waals surface area contributed by atoms with Crippen LogP contribution in [0.25, 0.3) is 21.7 Å². The fraction of sp³-hybridized carbons (Fsp3) is 0.238. The molecule has 1 aromatic carbocycles. The molecule has 27 heavy (non-hydrogen) atoms. The molecule has 0 amide bonds. The topological polar surface area (TPSA) is 53.0 Å². The van der Waals surface area contributed by atoms with Gasteiger partial charge in [-0.1, -0.05) is 61.5 Å². The molecular weight excluding hydrogens is 394 g/mol. The van der Waals surface area contributed by atoms with Crippen LogP contribution in [0.1, 0.15) is 30.1 Å². The SMILES string of the molecule is CCCC[S+]([O-])CSc1nc(-c2cccs2)cc(-c2ccccc2)c1C=O. The molecule has 0 saturated carbocycles. The first-order valence-electron chi connectivity index (χ1n) is 8.80. The van der Waals surface area contributed by atoms with Crippen molar-refractivity contribution in [2.45, 2.75) is 24.8 Å². The standard InChI is InChI=1S/C21H21NO2S3/c1-2-3-12-27(24)15-26-21-18(14-23)17(16-8-5-4-6-9-16)13-19(22-21)20-10-7-11-25-20/h4-11,13-14H,2-3,12,15H2,1H3. The van der Waals surface area contributed by atoms with Gasteiger partial charge in [0.05, 0.1) is 16.1 Å². The second-order valence-corrected chi connectivity index (χ2v) is 9.85. The van der Waals surface area contributed by atoms with Gasteiger partial charge in [0.2, 0.25) is 0 Å². The first kappa shape index (κ1) is 20.1. The smallest absolute Gasteiger partial charge is 0.156 e. The van der Waals surface area contributed by atoms with Crippen LogP contribution in [-0.2, 0) is 11.2 Å². The van der Waals surface area contributed by atoms with Crippen molar-refractivity contribution in [3.05, 3.63) is 59.5 Å². The van der Waals surface area contributed by atoms with Gasteiger partial charge >= 0.3 is 0 Å². The summed E-state index contributed by atoms with van der Waals surface area (Å²) in [6, 6.07) is 15.9. The minimum absolute atomic E-state index is 0.454. The molecule has 0 bridgehead atoms. The zero-order valence-electron chi connectivity index (χ0n) is 15.1. The molecule has 1 unspecified atom stereocenters. The van der Waals surface area contributed by atoms with Crippen LogP contribution in [0.2, 0.25) is 0 Å². The number of unbranched alkanes of at least 4 members (excludes halogenated alkanes) is 1. The van der Waals surface area contributed by atoms with Gasteiger partial charge in [-0.15, -0.1) is 11.3 Å². The van der Waals surface area contributed by atoms with Crippen LogP contribution in [-0.4, -0.2) is 26.7 Å². The molecule has 0 spiro atoms. The lowest BCUT2D eigenvalue weighted by Crippen LogP contribution is -2.09. The van der Waals surface area contributed by atoms with Crippen molar-refractivity contribution in [3.8, 4) is 21.7 Å². The highest BCUT2D eigenvalue weighted by Gasteiger charge is 2.18. The van der Waals surface area contributed by atoms with Gasteiger partial charge < -0.3 is 4.55 Å². The van der Waals surface area contributed by atoms with Gasteiger partial charge in [0.1, 0.15) is 10.8 Å². The van der Waals surface area contributed by atoms with Crippen molar-refractivity contribution in [3.63, 3.8) is 0 Å². The number of aldehydes is 1. The van der Waals surface area contributed by atoms with Crippen molar-refractivity contribution in [2.75, 3.05) is 10.8 Å². The van der Waals surface area contributed by atoms with E-state index in [4.69, 9.17) is 4.98 Å². The third-order valence-electron chi connectivity index (χ3n) is 4.05. The highest BCUT2D eigenvalue weighted by Crippen LogP contribution is 2.35. The van der Waals surface area contributed by atoms with E-state index in [-0.39, 0.29) is 0 Å². The number of nitrogens with zero attached hydrogens (tertiary/aromatic N) is 1. The summed E-state index contributed by atoms with van der Waals surface area (Å²) in [4.78, 5) is 17.7. The molecule has 6 heteroatoms. The maximum atomic E-state index is 12.2. The minimum Gasteiger partial charge on any atom is -0.616 e. The molecule has 3 rings (SSSR count). The second-order valence-electron chi connectivity index (χ2n) is 5.99. The number of thioether (sulfide) groups is 1. The Bertz CT molecular complexity index is 867. The molecule has 0 aliphatic rings. The number of carbonyl (C=O) groups is 1. The number of carbonyl (C=O) groups excluding carboxylic acids is 1. The summed E-state index contributed by atoms with van der Waals surface area (Å²) >= 11 is 2.11. The van der Waals surface area contributed by atoms with Gasteiger partial charge in [-0.05, 0) is 46.2 Å². The van der Waals surface area contributed by atoms with Gasteiger partial charge in [-0.25, -0.2) is 4.98 Å². The number of benzene rings is 1. The Labute approximate surface area is 171 Å². The van der Waals surface area contributed by atoms with Crippen LogP contribution in [0.3, 0.4) is 0 Å². The van der Waals surface area contributed by atoms with E-state index in [2.05, 4.69) is 6.92 Å². The van der Waals surface area contributed by atoms with E-state index in [1.807, 2.05) is 53.9 Å². The third-order valence-corrected chi connectivity index (χ3v) is 7.80. The Morgan fingerprint density at radius 2 is 2.04 bits per heavy atom. The molecule has 0 aliphatic carbocycles. The van der Waals surface area contributed by atoms with Crippen molar-refractivity contribution < 1.29 is 9.35 Å². The van der Waals surface area contributed by atoms with E-state index in [1.54, 1.807) is 11.3 Å². The van der Waals surface area contributed by atoms with E-state index < -0.39 is 11.2 Å². The highest BCUT2D eigenvalue weighted by molar-refractivity contribution is 8.12. The average molecular weight is 416 g/mol. The van der Waals surface area contributed by atoms with Gasteiger partial charge in [0.25, 0.3) is 0 Å². The van der Waals surface area contributed by atoms with Crippen LogP contribution < -0.4 is 0 Å². The molecule has 0 fully saturated rings. The fourth-order valence-corrected chi connectivity index (χ4v) is 5.87. The number of pyridine rings is 1. The van der Waals surface area contributed by atoms with Crippen LogP contribution in [0, 0.1) is 0 Å². The summed E-state index contributed by atoms with van der Waals surface area (Å²) in [5, 5.41) is 3.12. The quantitative estimate of drug-likeness (QED) is 0.248. The van der Waals surface area contributed by atoms with E-state index in [9.17, 15) is 9.35 Å². The van der Waals surface area contributed by atoms with E-state index in [1.165, 1.54) is 11.8 Å². The van der Waals surface area contributed by atoms with Crippen LogP contribution >= 0.6 is 23.1 Å². The molecule has 1 atom stereocenters. The largest absolute Gasteiger partial charge is 0.616 e. The van der Waals surface area contributed by atoms with Crippen molar-refractivity contribution in [2.24, 2.45) is 0 Å². The van der Waals surface area contributed by atoms with Gasteiger partial charge in [-0.2, -0.15) is 0 Å². The Morgan fingerprint density at radius 3 is 2.70 bits per heavy atom. The fourth-order valence-electron chi connectivity index (χ4n) is 2.65. The van der Waals surface area contributed by atoms with Gasteiger partial charge in [0.15, 0.2) is 11.4 Å². The number of rotatable bonds is 9. The third kappa shape index (κ3) is 5.23. The Kier molecular flexibility index (Phi) is 7.52. The van der Waals surface area contributed by atoms with Gasteiger partial charge in [-0.3, -0.25) is 4.79 Å². The number of thiophene rings is 1. The number of aromatic nitrogens is 1. The summed E-state index contributed by atoms with van der Waals surface area (Å²) < 4.78 is 12.2. The molecule has 2 aromatic heterocycles. The van der Waals surface area contributed by atoms with E-state index >= 15 is 0 Å². The summed E-state index contributed by atoms with van der Waals surface area (Å²) in [5.41, 5.74) is 3.26. The van der Waals surface area contributed by atoms with Crippen LogP contribution in [0.5, 0.6) is 0 Å². The van der Waals surface area contributed by atoms with Crippen LogP contribution in [0.4, 0.5) is 0 Å². The molecule has 140 valence electrons.